The quantitative estimate of drug-likeness (QED) is 0.284. The molecule has 0 bridgehead atoms. The van der Waals surface area contributed by atoms with Crippen LogP contribution in [0.4, 0.5) is 18.2 Å². The lowest BCUT2D eigenvalue weighted by molar-refractivity contribution is -0.142. The number of nitrogens with zero attached hydrogens (tertiary/aromatic N) is 4. The highest BCUT2D eigenvalue weighted by Crippen LogP contribution is 2.44. The van der Waals surface area contributed by atoms with Gasteiger partial charge in [0, 0.05) is 10.4 Å². The molecule has 11 heteroatoms. The maximum absolute atomic E-state index is 14.0. The molecule has 1 atom stereocenters. The van der Waals surface area contributed by atoms with Gasteiger partial charge in [0.2, 0.25) is 0 Å². The lowest BCUT2D eigenvalue weighted by Gasteiger charge is -2.33. The van der Waals surface area contributed by atoms with Crippen molar-refractivity contribution in [3.8, 4) is 17.3 Å². The Labute approximate surface area is 226 Å². The van der Waals surface area contributed by atoms with Gasteiger partial charge < -0.3 is 5.32 Å². The van der Waals surface area contributed by atoms with Gasteiger partial charge in [-0.2, -0.15) is 23.5 Å². The second kappa shape index (κ2) is 9.40. The van der Waals surface area contributed by atoms with E-state index in [9.17, 15) is 23.2 Å². The summed E-state index contributed by atoms with van der Waals surface area (Å²) in [6, 6.07) is 11.4. The molecule has 1 amide bonds. The Kier molecular flexibility index (Phi) is 6.48. The number of anilines is 1. The molecule has 4 aromatic rings. The summed E-state index contributed by atoms with van der Waals surface area (Å²) in [7, 11) is 0. The Morgan fingerprint density at radius 1 is 1.24 bits per heavy atom. The molecule has 0 aliphatic heterocycles. The normalized spacial score (nSPS) is 15.8. The van der Waals surface area contributed by atoms with Gasteiger partial charge in [0.1, 0.15) is 16.1 Å². The van der Waals surface area contributed by atoms with Crippen LogP contribution < -0.4 is 5.32 Å². The van der Waals surface area contributed by atoms with E-state index in [0.29, 0.717) is 26.6 Å². The summed E-state index contributed by atoms with van der Waals surface area (Å²) < 4.78 is 42.5. The van der Waals surface area contributed by atoms with Crippen LogP contribution in [-0.2, 0) is 19.0 Å². The monoisotopic (exact) mass is 557 g/mol. The zero-order valence-electron chi connectivity index (χ0n) is 20.8. The van der Waals surface area contributed by atoms with Crippen molar-refractivity contribution in [1.29, 1.82) is 5.26 Å². The number of fused-ring (bicyclic) bond motifs is 2. The SMILES string of the molecule is CC(C)(C)[C@@H]1CCc2c(sc(NC(=O)c3nn4c(C(F)(F)F)cc(-c5ccccc5)nc4c3Cl)c2C#N)C1. The van der Waals surface area contributed by atoms with Crippen LogP contribution in [0.1, 0.15) is 59.4 Å². The van der Waals surface area contributed by atoms with E-state index in [4.69, 9.17) is 11.6 Å². The number of alkyl halides is 3. The van der Waals surface area contributed by atoms with Crippen molar-refractivity contribution < 1.29 is 18.0 Å². The van der Waals surface area contributed by atoms with Crippen molar-refractivity contribution in [3.63, 3.8) is 0 Å². The number of halogens is 4. The van der Waals surface area contributed by atoms with E-state index in [2.05, 4.69) is 42.2 Å². The molecule has 0 fully saturated rings. The predicted molar refractivity (Wildman–Crippen MR) is 140 cm³/mol. The summed E-state index contributed by atoms with van der Waals surface area (Å²) in [4.78, 5) is 18.6. The van der Waals surface area contributed by atoms with Crippen molar-refractivity contribution >= 4 is 39.5 Å². The number of rotatable bonds is 3. The molecule has 1 aliphatic rings. The Balaban J connectivity index is 1.54. The zero-order chi connectivity index (χ0) is 27.4. The molecule has 196 valence electrons. The van der Waals surface area contributed by atoms with Crippen LogP contribution in [-0.4, -0.2) is 20.5 Å². The summed E-state index contributed by atoms with van der Waals surface area (Å²) >= 11 is 7.73. The van der Waals surface area contributed by atoms with Crippen LogP contribution in [0.25, 0.3) is 16.9 Å². The zero-order valence-corrected chi connectivity index (χ0v) is 22.4. The van der Waals surface area contributed by atoms with Crippen molar-refractivity contribution in [1.82, 2.24) is 14.6 Å². The number of aromatic nitrogens is 3. The predicted octanol–water partition coefficient (Wildman–Crippen LogP) is 7.40. The molecule has 6 nitrogen and oxygen atoms in total. The second-order valence-corrected chi connectivity index (χ2v) is 11.9. The van der Waals surface area contributed by atoms with Crippen LogP contribution >= 0.6 is 22.9 Å². The average Bonchev–Trinajstić information content (AvgIpc) is 3.39. The highest BCUT2D eigenvalue weighted by molar-refractivity contribution is 7.16. The number of carbonyl (C=O) groups excluding carboxylic acids is 1. The minimum atomic E-state index is -4.78. The first-order valence-corrected chi connectivity index (χ1v) is 13.2. The fraction of sp³-hybridized carbons (Fsp3) is 0.333. The fourth-order valence-electron chi connectivity index (χ4n) is 4.79. The van der Waals surface area contributed by atoms with E-state index >= 15 is 0 Å². The molecular weight excluding hydrogens is 535 g/mol. The lowest BCUT2D eigenvalue weighted by atomic mass is 9.72. The van der Waals surface area contributed by atoms with E-state index in [1.54, 1.807) is 30.3 Å². The van der Waals surface area contributed by atoms with Crippen LogP contribution in [0.3, 0.4) is 0 Å². The number of thiophene rings is 1. The van der Waals surface area contributed by atoms with Gasteiger partial charge in [0.25, 0.3) is 5.91 Å². The molecule has 1 aromatic carbocycles. The molecular formula is C27H23ClF3N5OS. The molecule has 0 saturated heterocycles. The molecule has 1 aliphatic carbocycles. The summed E-state index contributed by atoms with van der Waals surface area (Å²) in [5.41, 5.74) is 0.102. The smallest absolute Gasteiger partial charge is 0.311 e. The first-order valence-electron chi connectivity index (χ1n) is 12.0. The van der Waals surface area contributed by atoms with Gasteiger partial charge >= 0.3 is 6.18 Å². The summed E-state index contributed by atoms with van der Waals surface area (Å²) in [5, 5.41) is 16.5. The highest BCUT2D eigenvalue weighted by Gasteiger charge is 2.37. The minimum Gasteiger partial charge on any atom is -0.311 e. The Bertz CT molecular complexity index is 1600. The number of hydrogen-bond donors (Lipinski definition) is 1. The number of amides is 1. The summed E-state index contributed by atoms with van der Waals surface area (Å²) in [6.07, 6.45) is -2.32. The maximum Gasteiger partial charge on any atom is 0.433 e. The summed E-state index contributed by atoms with van der Waals surface area (Å²) in [6.45, 7) is 6.55. The number of carbonyl (C=O) groups is 1. The molecule has 5 rings (SSSR count). The first-order chi connectivity index (χ1) is 17.9. The van der Waals surface area contributed by atoms with Crippen molar-refractivity contribution in [2.45, 2.75) is 46.2 Å². The van der Waals surface area contributed by atoms with Crippen molar-refractivity contribution in [2.75, 3.05) is 5.32 Å². The van der Waals surface area contributed by atoms with Gasteiger partial charge in [-0.1, -0.05) is 62.7 Å². The van der Waals surface area contributed by atoms with Gasteiger partial charge in [-0.3, -0.25) is 4.79 Å². The molecule has 0 radical (unpaired) electrons. The average molecular weight is 558 g/mol. The van der Waals surface area contributed by atoms with Gasteiger partial charge in [0.15, 0.2) is 17.0 Å². The van der Waals surface area contributed by atoms with E-state index in [1.165, 1.54) is 11.3 Å². The highest BCUT2D eigenvalue weighted by atomic mass is 35.5. The molecule has 1 N–H and O–H groups in total. The molecule has 38 heavy (non-hydrogen) atoms. The Hall–Kier alpha value is -3.42. The van der Waals surface area contributed by atoms with E-state index in [-0.39, 0.29) is 21.8 Å². The van der Waals surface area contributed by atoms with E-state index < -0.39 is 23.5 Å². The standard InChI is InChI=1S/C27H23ClF3N5OS/c1-26(2,3)15-9-10-16-17(13-32)25(38-19(16)11-15)34-24(37)22-21(28)23-33-18(14-7-5-4-6-8-14)12-20(27(29,30)31)36(23)35-22/h4-8,12,15H,9-11H2,1-3H3,(H,34,37)/t15-/m1/s1. The largest absolute Gasteiger partial charge is 0.433 e. The fourth-order valence-corrected chi connectivity index (χ4v) is 6.31. The van der Waals surface area contributed by atoms with E-state index in [0.717, 1.165) is 35.8 Å². The number of hydrogen-bond acceptors (Lipinski definition) is 5. The molecule has 3 aromatic heterocycles. The Morgan fingerprint density at radius 2 is 1.95 bits per heavy atom. The van der Waals surface area contributed by atoms with E-state index in [1.807, 2.05) is 0 Å². The molecule has 0 saturated carbocycles. The second-order valence-electron chi connectivity index (χ2n) is 10.4. The molecule has 0 unspecified atom stereocenters. The summed E-state index contributed by atoms with van der Waals surface area (Å²) in [5.74, 6) is -0.375. The number of nitriles is 1. The van der Waals surface area contributed by atoms with Crippen LogP contribution in [0, 0.1) is 22.7 Å². The van der Waals surface area contributed by atoms with Gasteiger partial charge in [-0.05, 0) is 42.2 Å². The third kappa shape index (κ3) is 4.65. The molecule has 3 heterocycles. The van der Waals surface area contributed by atoms with Crippen LogP contribution in [0.5, 0.6) is 0 Å². The minimum absolute atomic E-state index is 0.0466. The van der Waals surface area contributed by atoms with Crippen molar-refractivity contribution in [2.24, 2.45) is 11.3 Å². The topological polar surface area (TPSA) is 83.1 Å². The van der Waals surface area contributed by atoms with Crippen LogP contribution in [0.15, 0.2) is 36.4 Å². The first kappa shape index (κ1) is 26.2. The van der Waals surface area contributed by atoms with Crippen molar-refractivity contribution in [3.05, 3.63) is 68.8 Å². The molecule has 0 spiro atoms. The lowest BCUT2D eigenvalue weighted by Crippen LogP contribution is -2.26. The number of benzene rings is 1. The Morgan fingerprint density at radius 3 is 2.58 bits per heavy atom. The maximum atomic E-state index is 14.0. The van der Waals surface area contributed by atoms with Gasteiger partial charge in [-0.15, -0.1) is 11.3 Å². The third-order valence-electron chi connectivity index (χ3n) is 6.94. The van der Waals surface area contributed by atoms with Crippen LogP contribution in [0.2, 0.25) is 5.02 Å². The third-order valence-corrected chi connectivity index (χ3v) is 8.45. The number of nitrogens with one attached hydrogen (secondary N) is 1. The van der Waals surface area contributed by atoms with Gasteiger partial charge in [-0.25, -0.2) is 9.50 Å². The van der Waals surface area contributed by atoms with Gasteiger partial charge in [0.05, 0.1) is 11.3 Å².